The molecular formula is C24H20N4O3. The van der Waals surface area contributed by atoms with Crippen LogP contribution in [-0.2, 0) is 0 Å². The summed E-state index contributed by atoms with van der Waals surface area (Å²) in [4.78, 5) is 24.7. The lowest BCUT2D eigenvalue weighted by atomic mass is 10.0. The van der Waals surface area contributed by atoms with E-state index in [-0.39, 0.29) is 11.5 Å². The van der Waals surface area contributed by atoms with E-state index in [0.717, 1.165) is 32.9 Å². The average molecular weight is 412 g/mol. The van der Waals surface area contributed by atoms with Crippen LogP contribution >= 0.6 is 0 Å². The van der Waals surface area contributed by atoms with Crippen molar-refractivity contribution in [2.45, 2.75) is 13.8 Å². The molecule has 3 aromatic heterocycles. The zero-order valence-electron chi connectivity index (χ0n) is 17.3. The number of para-hydroxylation sites is 1. The number of aryl methyl sites for hydroxylation is 2. The summed E-state index contributed by atoms with van der Waals surface area (Å²) in [6, 6.07) is 13.1. The number of hydrogen-bond donors (Lipinski definition) is 2. The Hall–Kier alpha value is -4.13. The second-order valence-corrected chi connectivity index (χ2v) is 7.42. The number of ether oxygens (including phenoxy) is 1. The summed E-state index contributed by atoms with van der Waals surface area (Å²) < 4.78 is 10.5. The van der Waals surface area contributed by atoms with Gasteiger partial charge in [0.1, 0.15) is 12.0 Å². The topological polar surface area (TPSA) is 96.3 Å². The van der Waals surface area contributed by atoms with Crippen LogP contribution < -0.4 is 26.0 Å². The second kappa shape index (κ2) is 7.28. The molecule has 0 atom stereocenters. The average Bonchev–Trinajstić information content (AvgIpc) is 3.53. The van der Waals surface area contributed by atoms with Gasteiger partial charge in [-0.05, 0) is 37.6 Å². The molecule has 0 aliphatic carbocycles. The summed E-state index contributed by atoms with van der Waals surface area (Å²) in [5.41, 5.74) is 4.47. The molecule has 0 saturated heterocycles. The van der Waals surface area contributed by atoms with E-state index in [0.29, 0.717) is 22.4 Å². The largest absolute Gasteiger partial charge is 0.494 e. The highest BCUT2D eigenvalue weighted by Crippen LogP contribution is 2.19. The molecule has 0 bridgehead atoms. The molecule has 4 aromatic rings. The maximum absolute atomic E-state index is 13.3. The van der Waals surface area contributed by atoms with Gasteiger partial charge in [-0.25, -0.2) is 4.99 Å². The first kappa shape index (κ1) is 18.9. The van der Waals surface area contributed by atoms with Crippen LogP contribution in [0.5, 0.6) is 5.75 Å². The number of rotatable bonds is 4. The molecular weight excluding hydrogens is 392 g/mol. The summed E-state index contributed by atoms with van der Waals surface area (Å²) in [5, 5.41) is 6.80. The summed E-state index contributed by atoms with van der Waals surface area (Å²) in [7, 11) is 1.62. The lowest BCUT2D eigenvalue weighted by molar-refractivity contribution is 0.104. The third-order valence-electron chi connectivity index (χ3n) is 5.30. The minimum atomic E-state index is -0.243. The number of aromatic amines is 2. The minimum absolute atomic E-state index is 0.238. The molecule has 0 unspecified atom stereocenters. The predicted octanol–water partition coefficient (Wildman–Crippen LogP) is 1.26. The van der Waals surface area contributed by atoms with Gasteiger partial charge >= 0.3 is 0 Å². The number of aromatic nitrogens is 3. The van der Waals surface area contributed by atoms with E-state index in [1.807, 2.05) is 50.3 Å². The SMILES string of the molecule is COc1c/c(=C2/N=c3ccccc3=C2C(=O)c2ccon2)[nH]/c1=C\c1[nH]c(C)cc1C. The van der Waals surface area contributed by atoms with E-state index < -0.39 is 0 Å². The van der Waals surface area contributed by atoms with Gasteiger partial charge in [0.05, 0.1) is 34.4 Å². The number of Topliss-reactive ketones (excluding diaryl/α,β-unsaturated/α-hetero) is 1. The van der Waals surface area contributed by atoms with E-state index in [1.165, 1.54) is 6.26 Å². The summed E-state index contributed by atoms with van der Waals surface area (Å²) in [6.07, 6.45) is 3.38. The Morgan fingerprint density at radius 2 is 1.97 bits per heavy atom. The van der Waals surface area contributed by atoms with Gasteiger partial charge in [-0.15, -0.1) is 0 Å². The zero-order valence-corrected chi connectivity index (χ0v) is 17.3. The monoisotopic (exact) mass is 412 g/mol. The number of hydrogen-bond acceptors (Lipinski definition) is 5. The van der Waals surface area contributed by atoms with Crippen LogP contribution in [0, 0.1) is 13.8 Å². The fraction of sp³-hybridized carbons (Fsp3) is 0.125. The number of ketones is 1. The van der Waals surface area contributed by atoms with Crippen molar-refractivity contribution in [3.05, 3.63) is 92.6 Å². The number of nitrogens with zero attached hydrogens (tertiary/aromatic N) is 2. The number of fused-ring (bicyclic) bond motifs is 1. The second-order valence-electron chi connectivity index (χ2n) is 7.42. The van der Waals surface area contributed by atoms with Gasteiger partial charge in [-0.1, -0.05) is 23.4 Å². The molecule has 0 amide bonds. The van der Waals surface area contributed by atoms with Gasteiger partial charge in [-0.3, -0.25) is 4.79 Å². The molecule has 154 valence electrons. The predicted molar refractivity (Wildman–Crippen MR) is 115 cm³/mol. The normalized spacial score (nSPS) is 15.2. The Bertz CT molecular complexity index is 1550. The Morgan fingerprint density at radius 1 is 1.13 bits per heavy atom. The number of benzene rings is 1. The molecule has 0 fully saturated rings. The van der Waals surface area contributed by atoms with Crippen molar-refractivity contribution >= 4 is 23.1 Å². The third-order valence-corrected chi connectivity index (χ3v) is 5.30. The number of nitrogens with one attached hydrogen (secondary N) is 2. The van der Waals surface area contributed by atoms with Crippen LogP contribution in [0.3, 0.4) is 0 Å². The molecule has 1 aromatic carbocycles. The fourth-order valence-corrected chi connectivity index (χ4v) is 3.87. The van der Waals surface area contributed by atoms with Crippen molar-refractivity contribution in [2.75, 3.05) is 7.11 Å². The molecule has 2 N–H and O–H groups in total. The Kier molecular flexibility index (Phi) is 4.43. The van der Waals surface area contributed by atoms with E-state index in [9.17, 15) is 4.79 Å². The maximum atomic E-state index is 13.3. The van der Waals surface area contributed by atoms with E-state index in [4.69, 9.17) is 14.3 Å². The van der Waals surface area contributed by atoms with Crippen molar-refractivity contribution < 1.29 is 14.1 Å². The van der Waals surface area contributed by atoms with Crippen molar-refractivity contribution in [1.82, 2.24) is 15.1 Å². The van der Waals surface area contributed by atoms with Crippen LogP contribution in [0.25, 0.3) is 17.3 Å². The molecule has 31 heavy (non-hydrogen) atoms. The smallest absolute Gasteiger partial charge is 0.217 e. The van der Waals surface area contributed by atoms with E-state index in [2.05, 4.69) is 21.2 Å². The molecule has 0 saturated carbocycles. The molecule has 4 heterocycles. The first-order valence-corrected chi connectivity index (χ1v) is 9.84. The quantitative estimate of drug-likeness (QED) is 0.493. The highest BCUT2D eigenvalue weighted by Gasteiger charge is 2.24. The number of methoxy groups -OCH3 is 1. The van der Waals surface area contributed by atoms with Gasteiger partial charge in [0, 0.05) is 28.7 Å². The number of carbonyl (C=O) groups excluding carboxylic acids is 1. The van der Waals surface area contributed by atoms with Gasteiger partial charge in [0.2, 0.25) is 5.78 Å². The molecule has 7 heteroatoms. The van der Waals surface area contributed by atoms with Crippen LogP contribution in [0.4, 0.5) is 0 Å². The number of carbonyl (C=O) groups is 1. The summed E-state index contributed by atoms with van der Waals surface area (Å²) in [6.45, 7) is 4.06. The number of H-pyrrole nitrogens is 2. The standard InChI is InChI=1S/C24H20N4O3/c1-13-10-14(2)25-18(13)11-19-21(30-3)12-20(26-19)23-22(24(29)17-8-9-31-28-17)15-6-4-5-7-16(15)27-23/h4-12,25-26H,1-3H3/b19-11-,23-20-. The zero-order chi connectivity index (χ0) is 21.5. The van der Waals surface area contributed by atoms with Gasteiger partial charge in [0.15, 0.2) is 5.69 Å². The molecule has 1 aliphatic rings. The van der Waals surface area contributed by atoms with Crippen LogP contribution in [0.15, 0.2) is 58.2 Å². The highest BCUT2D eigenvalue weighted by molar-refractivity contribution is 6.34. The molecule has 0 spiro atoms. The van der Waals surface area contributed by atoms with Gasteiger partial charge in [-0.2, -0.15) is 0 Å². The maximum Gasteiger partial charge on any atom is 0.217 e. The summed E-state index contributed by atoms with van der Waals surface area (Å²) >= 11 is 0. The first-order chi connectivity index (χ1) is 15.0. The lowest BCUT2D eigenvalue weighted by Crippen LogP contribution is -2.25. The first-order valence-electron chi connectivity index (χ1n) is 9.84. The fourth-order valence-electron chi connectivity index (χ4n) is 3.87. The van der Waals surface area contributed by atoms with Crippen molar-refractivity contribution in [2.24, 2.45) is 4.99 Å². The van der Waals surface area contributed by atoms with Crippen molar-refractivity contribution in [1.29, 1.82) is 0 Å². The molecule has 1 aliphatic heterocycles. The highest BCUT2D eigenvalue weighted by atomic mass is 16.5. The molecule has 7 nitrogen and oxygen atoms in total. The minimum Gasteiger partial charge on any atom is -0.494 e. The lowest BCUT2D eigenvalue weighted by Gasteiger charge is -2.00. The Balaban J connectivity index is 1.78. The van der Waals surface area contributed by atoms with Crippen LogP contribution in [0.1, 0.15) is 27.4 Å². The van der Waals surface area contributed by atoms with E-state index >= 15 is 0 Å². The van der Waals surface area contributed by atoms with E-state index in [1.54, 1.807) is 13.2 Å². The van der Waals surface area contributed by atoms with Crippen LogP contribution in [0.2, 0.25) is 0 Å². The van der Waals surface area contributed by atoms with Crippen LogP contribution in [-0.4, -0.2) is 28.0 Å². The third kappa shape index (κ3) is 3.20. The molecule has 5 rings (SSSR count). The Labute approximate surface area is 177 Å². The molecule has 0 radical (unpaired) electrons. The van der Waals surface area contributed by atoms with Crippen molar-refractivity contribution in [3.63, 3.8) is 0 Å². The van der Waals surface area contributed by atoms with Crippen molar-refractivity contribution in [3.8, 4) is 5.75 Å². The summed E-state index contributed by atoms with van der Waals surface area (Å²) in [5.74, 6) is 0.418. The Morgan fingerprint density at radius 3 is 2.68 bits per heavy atom. The van der Waals surface area contributed by atoms with Gasteiger partial charge < -0.3 is 19.2 Å². The van der Waals surface area contributed by atoms with Gasteiger partial charge in [0.25, 0.3) is 0 Å².